The lowest BCUT2D eigenvalue weighted by Gasteiger charge is -2.04. The van der Waals surface area contributed by atoms with Crippen molar-refractivity contribution in [3.63, 3.8) is 0 Å². The number of carbonyl (C=O) groups is 1. The molecule has 5 nitrogen and oxygen atoms in total. The molecule has 114 valence electrons. The Morgan fingerprint density at radius 1 is 1.09 bits per heavy atom. The van der Waals surface area contributed by atoms with Gasteiger partial charge in [0.2, 0.25) is 5.89 Å². The molecule has 2 aromatic carbocycles. The summed E-state index contributed by atoms with van der Waals surface area (Å²) < 4.78 is 10.3. The fourth-order valence-corrected chi connectivity index (χ4v) is 2.13. The summed E-state index contributed by atoms with van der Waals surface area (Å²) in [5, 5.41) is 0.435. The Bertz CT molecular complexity index is 956. The lowest BCUT2D eigenvalue weighted by molar-refractivity contribution is -0.131. The SMILES string of the molecule is CC(=O)Oc1ccccc1C=Cc1nc2ccccc2c(=O)o1. The van der Waals surface area contributed by atoms with Gasteiger partial charge in [0.25, 0.3) is 0 Å². The van der Waals surface area contributed by atoms with Gasteiger partial charge >= 0.3 is 11.6 Å². The number of aromatic nitrogens is 1. The number of carbonyl (C=O) groups excluding carboxylic acids is 1. The van der Waals surface area contributed by atoms with Crippen LogP contribution in [-0.2, 0) is 4.79 Å². The van der Waals surface area contributed by atoms with E-state index in [-0.39, 0.29) is 5.89 Å². The number of hydrogen-bond donors (Lipinski definition) is 0. The molecule has 0 atom stereocenters. The quantitative estimate of drug-likeness (QED) is 0.548. The minimum Gasteiger partial charge on any atom is -0.426 e. The van der Waals surface area contributed by atoms with Crippen LogP contribution in [0.3, 0.4) is 0 Å². The number of hydrogen-bond acceptors (Lipinski definition) is 5. The highest BCUT2D eigenvalue weighted by atomic mass is 16.5. The first-order chi connectivity index (χ1) is 11.1. The second-order valence-corrected chi connectivity index (χ2v) is 4.82. The third-order valence-electron chi connectivity index (χ3n) is 3.13. The van der Waals surface area contributed by atoms with Crippen molar-refractivity contribution in [1.29, 1.82) is 0 Å². The van der Waals surface area contributed by atoms with E-state index in [0.29, 0.717) is 22.2 Å². The van der Waals surface area contributed by atoms with E-state index in [4.69, 9.17) is 9.15 Å². The molecule has 0 saturated heterocycles. The molecule has 0 spiro atoms. The van der Waals surface area contributed by atoms with E-state index in [0.717, 1.165) is 0 Å². The predicted molar refractivity (Wildman–Crippen MR) is 87.0 cm³/mol. The summed E-state index contributed by atoms with van der Waals surface area (Å²) in [6, 6.07) is 14.0. The predicted octanol–water partition coefficient (Wildman–Crippen LogP) is 3.28. The van der Waals surface area contributed by atoms with Crippen LogP contribution < -0.4 is 10.4 Å². The summed E-state index contributed by atoms with van der Waals surface area (Å²) in [7, 11) is 0. The van der Waals surface area contributed by atoms with Crippen LogP contribution in [0.2, 0.25) is 0 Å². The van der Waals surface area contributed by atoms with Gasteiger partial charge in [-0.25, -0.2) is 9.78 Å². The van der Waals surface area contributed by atoms with Crippen LogP contribution in [0.1, 0.15) is 18.4 Å². The first kappa shape index (κ1) is 14.7. The molecule has 5 heteroatoms. The van der Waals surface area contributed by atoms with Gasteiger partial charge in [-0.1, -0.05) is 30.3 Å². The van der Waals surface area contributed by atoms with Crippen LogP contribution in [0, 0.1) is 0 Å². The summed E-state index contributed by atoms with van der Waals surface area (Å²) in [6.07, 6.45) is 3.24. The first-order valence-electron chi connectivity index (χ1n) is 6.99. The maximum Gasteiger partial charge on any atom is 0.347 e. The number of nitrogens with zero attached hydrogens (tertiary/aromatic N) is 1. The third kappa shape index (κ3) is 3.35. The van der Waals surface area contributed by atoms with E-state index in [1.165, 1.54) is 6.92 Å². The molecule has 3 aromatic rings. The van der Waals surface area contributed by atoms with Gasteiger partial charge < -0.3 is 9.15 Å². The zero-order valence-corrected chi connectivity index (χ0v) is 12.4. The van der Waals surface area contributed by atoms with Crippen LogP contribution in [0.4, 0.5) is 0 Å². The second-order valence-electron chi connectivity index (χ2n) is 4.82. The fraction of sp³-hybridized carbons (Fsp3) is 0.0556. The Kier molecular flexibility index (Phi) is 4.01. The van der Waals surface area contributed by atoms with Crippen LogP contribution in [0.25, 0.3) is 23.1 Å². The summed E-state index contributed by atoms with van der Waals surface area (Å²) in [6.45, 7) is 1.34. The summed E-state index contributed by atoms with van der Waals surface area (Å²) in [4.78, 5) is 27.3. The zero-order chi connectivity index (χ0) is 16.2. The van der Waals surface area contributed by atoms with Crippen molar-refractivity contribution < 1.29 is 13.9 Å². The Morgan fingerprint density at radius 3 is 2.65 bits per heavy atom. The number of rotatable bonds is 3. The smallest absolute Gasteiger partial charge is 0.347 e. The molecule has 0 radical (unpaired) electrons. The molecule has 1 heterocycles. The number of esters is 1. The van der Waals surface area contributed by atoms with Gasteiger partial charge in [0, 0.05) is 18.6 Å². The Balaban J connectivity index is 1.98. The molecule has 0 N–H and O–H groups in total. The third-order valence-corrected chi connectivity index (χ3v) is 3.13. The molecule has 23 heavy (non-hydrogen) atoms. The average molecular weight is 307 g/mol. The van der Waals surface area contributed by atoms with Crippen molar-refractivity contribution in [2.24, 2.45) is 0 Å². The Morgan fingerprint density at radius 2 is 1.83 bits per heavy atom. The maximum atomic E-state index is 11.9. The molecule has 0 saturated carbocycles. The van der Waals surface area contributed by atoms with Gasteiger partial charge in [-0.3, -0.25) is 4.79 Å². The molecule has 3 rings (SSSR count). The lowest BCUT2D eigenvalue weighted by Crippen LogP contribution is -2.03. The molecule has 0 aliphatic heterocycles. The standard InChI is InChI=1S/C18H13NO4/c1-12(20)22-16-9-5-2-6-13(16)10-11-17-19-15-8-4-3-7-14(15)18(21)23-17/h2-11H,1H3. The van der Waals surface area contributed by atoms with E-state index in [1.807, 2.05) is 6.07 Å². The van der Waals surface area contributed by atoms with E-state index in [9.17, 15) is 9.59 Å². The molecule has 0 fully saturated rings. The topological polar surface area (TPSA) is 69.4 Å². The van der Waals surface area contributed by atoms with Gasteiger partial charge in [0.05, 0.1) is 10.9 Å². The van der Waals surface area contributed by atoms with Crippen molar-refractivity contribution in [3.8, 4) is 5.75 Å². The normalized spacial score (nSPS) is 11.0. The van der Waals surface area contributed by atoms with E-state index >= 15 is 0 Å². The fourth-order valence-electron chi connectivity index (χ4n) is 2.13. The van der Waals surface area contributed by atoms with Gasteiger partial charge in [-0.05, 0) is 24.3 Å². The molecule has 1 aromatic heterocycles. The summed E-state index contributed by atoms with van der Waals surface area (Å²) in [5.74, 6) is 0.215. The highest BCUT2D eigenvalue weighted by Crippen LogP contribution is 2.20. The summed E-state index contributed by atoms with van der Waals surface area (Å²) in [5.41, 5.74) is 0.806. The van der Waals surface area contributed by atoms with Crippen LogP contribution in [-0.4, -0.2) is 11.0 Å². The number of para-hydroxylation sites is 2. The van der Waals surface area contributed by atoms with Gasteiger partial charge in [0.15, 0.2) is 0 Å². The van der Waals surface area contributed by atoms with Gasteiger partial charge in [0.1, 0.15) is 5.75 Å². The van der Waals surface area contributed by atoms with Crippen LogP contribution in [0.15, 0.2) is 57.7 Å². The minimum absolute atomic E-state index is 0.186. The molecule has 0 aliphatic rings. The molecule has 0 aliphatic carbocycles. The molecule has 0 unspecified atom stereocenters. The number of fused-ring (bicyclic) bond motifs is 1. The van der Waals surface area contributed by atoms with Crippen molar-refractivity contribution in [3.05, 3.63) is 70.4 Å². The number of ether oxygens (including phenoxy) is 1. The van der Waals surface area contributed by atoms with E-state index < -0.39 is 11.6 Å². The minimum atomic E-state index is -0.441. The largest absolute Gasteiger partial charge is 0.426 e. The average Bonchev–Trinajstić information content (AvgIpc) is 2.54. The number of benzene rings is 2. The van der Waals surface area contributed by atoms with Crippen molar-refractivity contribution in [1.82, 2.24) is 4.98 Å². The van der Waals surface area contributed by atoms with E-state index in [1.54, 1.807) is 54.6 Å². The van der Waals surface area contributed by atoms with Crippen molar-refractivity contribution in [2.45, 2.75) is 6.92 Å². The maximum absolute atomic E-state index is 11.9. The zero-order valence-electron chi connectivity index (χ0n) is 12.4. The van der Waals surface area contributed by atoms with E-state index in [2.05, 4.69) is 4.98 Å². The first-order valence-corrected chi connectivity index (χ1v) is 6.99. The Labute approximate surface area is 131 Å². The van der Waals surface area contributed by atoms with Crippen LogP contribution >= 0.6 is 0 Å². The van der Waals surface area contributed by atoms with Gasteiger partial charge in [-0.2, -0.15) is 0 Å². The monoisotopic (exact) mass is 307 g/mol. The molecule has 0 bridgehead atoms. The van der Waals surface area contributed by atoms with Crippen molar-refractivity contribution >= 4 is 29.0 Å². The molecular formula is C18H13NO4. The van der Waals surface area contributed by atoms with Gasteiger partial charge in [-0.15, -0.1) is 0 Å². The molecule has 0 amide bonds. The highest BCUT2D eigenvalue weighted by Gasteiger charge is 2.05. The summed E-state index contributed by atoms with van der Waals surface area (Å²) >= 11 is 0. The molecular weight excluding hydrogens is 294 g/mol. The van der Waals surface area contributed by atoms with Crippen molar-refractivity contribution in [2.75, 3.05) is 0 Å². The lowest BCUT2D eigenvalue weighted by atomic mass is 10.2. The highest BCUT2D eigenvalue weighted by molar-refractivity contribution is 5.79. The Hall–Kier alpha value is -3.21. The van der Waals surface area contributed by atoms with Crippen LogP contribution in [0.5, 0.6) is 5.75 Å². The second kappa shape index (κ2) is 6.27.